The van der Waals surface area contributed by atoms with E-state index in [1.165, 1.54) is 0 Å². The molecule has 0 radical (unpaired) electrons. The van der Waals surface area contributed by atoms with Crippen molar-refractivity contribution in [1.82, 2.24) is 0 Å². The highest BCUT2D eigenvalue weighted by Crippen LogP contribution is 2.38. The molecule has 1 unspecified atom stereocenters. The maximum absolute atomic E-state index is 10.9. The molecule has 1 atom stereocenters. The van der Waals surface area contributed by atoms with Gasteiger partial charge in [-0.15, -0.1) is 0 Å². The van der Waals surface area contributed by atoms with Crippen LogP contribution in [0.25, 0.3) is 0 Å². The van der Waals surface area contributed by atoms with Crippen LogP contribution in [0.2, 0.25) is 0 Å². The van der Waals surface area contributed by atoms with Crippen molar-refractivity contribution in [3.05, 3.63) is 28.2 Å². The first-order chi connectivity index (χ1) is 6.74. The van der Waals surface area contributed by atoms with Gasteiger partial charge in [0.2, 0.25) is 0 Å². The third-order valence-corrected chi connectivity index (χ3v) is 3.38. The molecule has 1 aliphatic heterocycles. The van der Waals surface area contributed by atoms with Crippen molar-refractivity contribution in [2.24, 2.45) is 0 Å². The Morgan fingerprint density at radius 2 is 2.36 bits per heavy atom. The van der Waals surface area contributed by atoms with Crippen molar-refractivity contribution in [1.29, 1.82) is 0 Å². The number of carbonyl (C=O) groups excluding carboxylic acids is 1. The van der Waals surface area contributed by atoms with Crippen LogP contribution in [-0.2, 0) is 4.79 Å². The molecule has 3 heteroatoms. The van der Waals surface area contributed by atoms with Crippen LogP contribution in [0, 0.1) is 0 Å². The van der Waals surface area contributed by atoms with E-state index >= 15 is 0 Å². The van der Waals surface area contributed by atoms with E-state index in [1.54, 1.807) is 0 Å². The molecule has 0 saturated carbocycles. The van der Waals surface area contributed by atoms with Crippen molar-refractivity contribution in [3.8, 4) is 0 Å². The van der Waals surface area contributed by atoms with E-state index in [-0.39, 0.29) is 5.92 Å². The highest BCUT2D eigenvalue weighted by Gasteiger charge is 2.23. The number of hydrogen-bond acceptors (Lipinski definition) is 2. The zero-order valence-electron chi connectivity index (χ0n) is 8.03. The van der Waals surface area contributed by atoms with Crippen molar-refractivity contribution in [2.75, 3.05) is 18.5 Å². The lowest BCUT2D eigenvalue weighted by Gasteiger charge is -2.31. The Labute approximate surface area is 92.0 Å². The van der Waals surface area contributed by atoms with Crippen LogP contribution < -0.4 is 4.90 Å². The van der Waals surface area contributed by atoms with Gasteiger partial charge >= 0.3 is 0 Å². The number of fused-ring (bicyclic) bond motifs is 1. The predicted octanol–water partition coefficient (Wildman–Crippen LogP) is 2.57. The summed E-state index contributed by atoms with van der Waals surface area (Å²) in [6.45, 7) is 0.943. The average molecular weight is 254 g/mol. The summed E-state index contributed by atoms with van der Waals surface area (Å²) in [6.07, 6.45) is 1.97. The first-order valence-corrected chi connectivity index (χ1v) is 5.48. The summed E-state index contributed by atoms with van der Waals surface area (Å²) in [7, 11) is 2.06. The highest BCUT2D eigenvalue weighted by atomic mass is 79.9. The molecule has 14 heavy (non-hydrogen) atoms. The molecule has 1 aromatic carbocycles. The lowest BCUT2D eigenvalue weighted by Crippen LogP contribution is -2.28. The second-order valence-electron chi connectivity index (χ2n) is 3.63. The van der Waals surface area contributed by atoms with Crippen LogP contribution in [0.4, 0.5) is 5.69 Å². The molecule has 0 N–H and O–H groups in total. The van der Waals surface area contributed by atoms with E-state index in [0.29, 0.717) is 0 Å². The predicted molar refractivity (Wildman–Crippen MR) is 60.8 cm³/mol. The zero-order chi connectivity index (χ0) is 10.1. The van der Waals surface area contributed by atoms with Crippen molar-refractivity contribution in [2.45, 2.75) is 12.3 Å². The molecule has 2 nitrogen and oxygen atoms in total. The molecule has 0 aromatic heterocycles. The Balaban J connectivity index is 2.56. The fraction of sp³-hybridized carbons (Fsp3) is 0.364. The topological polar surface area (TPSA) is 20.3 Å². The molecule has 0 bridgehead atoms. The van der Waals surface area contributed by atoms with Crippen LogP contribution >= 0.6 is 15.9 Å². The van der Waals surface area contributed by atoms with Gasteiger partial charge in [0.05, 0.1) is 5.69 Å². The smallest absolute Gasteiger partial charge is 0.127 e. The average Bonchev–Trinajstić information content (AvgIpc) is 2.18. The fourth-order valence-electron chi connectivity index (χ4n) is 1.98. The number of nitrogens with zero attached hydrogens (tertiary/aromatic N) is 1. The Hall–Kier alpha value is -0.830. The summed E-state index contributed by atoms with van der Waals surface area (Å²) < 4.78 is 1.07. The van der Waals surface area contributed by atoms with Gasteiger partial charge < -0.3 is 9.69 Å². The number of halogens is 1. The largest absolute Gasteiger partial charge is 0.373 e. The fourth-order valence-corrected chi connectivity index (χ4v) is 2.66. The molecule has 0 fully saturated rings. The number of carbonyl (C=O) groups is 1. The minimum Gasteiger partial charge on any atom is -0.373 e. The van der Waals surface area contributed by atoms with E-state index in [0.717, 1.165) is 35.0 Å². The van der Waals surface area contributed by atoms with Crippen LogP contribution in [-0.4, -0.2) is 19.9 Å². The third-order valence-electron chi connectivity index (χ3n) is 2.74. The molecule has 0 saturated heterocycles. The molecule has 74 valence electrons. The lowest BCUT2D eigenvalue weighted by atomic mass is 9.91. The van der Waals surface area contributed by atoms with E-state index in [4.69, 9.17) is 0 Å². The molecule has 0 amide bonds. The summed E-state index contributed by atoms with van der Waals surface area (Å²) in [5.74, 6) is 0.0682. The van der Waals surface area contributed by atoms with Crippen molar-refractivity contribution in [3.63, 3.8) is 0 Å². The van der Waals surface area contributed by atoms with E-state index < -0.39 is 0 Å². The number of benzene rings is 1. The molecule has 2 rings (SSSR count). The molecule has 0 spiro atoms. The molecule has 1 heterocycles. The van der Waals surface area contributed by atoms with Gasteiger partial charge in [0, 0.05) is 24.0 Å². The number of aldehydes is 1. The second kappa shape index (κ2) is 3.73. The van der Waals surface area contributed by atoms with E-state index in [1.807, 2.05) is 18.2 Å². The number of rotatable bonds is 1. The minimum absolute atomic E-state index is 0.0682. The monoisotopic (exact) mass is 253 g/mol. The van der Waals surface area contributed by atoms with Gasteiger partial charge in [-0.25, -0.2) is 0 Å². The van der Waals surface area contributed by atoms with Crippen molar-refractivity contribution < 1.29 is 4.79 Å². The number of anilines is 1. The van der Waals surface area contributed by atoms with Crippen LogP contribution in [0.15, 0.2) is 22.7 Å². The maximum Gasteiger partial charge on any atom is 0.127 e. The van der Waals surface area contributed by atoms with E-state index in [9.17, 15) is 4.79 Å². The van der Waals surface area contributed by atoms with Gasteiger partial charge in [0.25, 0.3) is 0 Å². The Kier molecular flexibility index (Phi) is 2.59. The maximum atomic E-state index is 10.9. The summed E-state index contributed by atoms with van der Waals surface area (Å²) in [6, 6.07) is 6.04. The van der Waals surface area contributed by atoms with Gasteiger partial charge in [-0.05, 0) is 34.0 Å². The molecular weight excluding hydrogens is 242 g/mol. The summed E-state index contributed by atoms with van der Waals surface area (Å²) in [5.41, 5.74) is 2.30. The Morgan fingerprint density at radius 1 is 1.57 bits per heavy atom. The first-order valence-electron chi connectivity index (χ1n) is 4.69. The summed E-state index contributed by atoms with van der Waals surface area (Å²) in [4.78, 5) is 13.1. The third kappa shape index (κ3) is 1.46. The standard InChI is InChI=1S/C11H12BrNO/c1-13-6-5-8(7-14)9-3-2-4-10(12)11(9)13/h2-4,7-8H,5-6H2,1H3. The van der Waals surface area contributed by atoms with Gasteiger partial charge in [0.15, 0.2) is 0 Å². The second-order valence-corrected chi connectivity index (χ2v) is 4.48. The summed E-state index contributed by atoms with van der Waals surface area (Å²) >= 11 is 3.52. The van der Waals surface area contributed by atoms with Gasteiger partial charge in [-0.1, -0.05) is 12.1 Å². The SMILES string of the molecule is CN1CCC(C=O)c2cccc(Br)c21. The van der Waals surface area contributed by atoms with Crippen molar-refractivity contribution >= 4 is 27.9 Å². The Morgan fingerprint density at radius 3 is 3.07 bits per heavy atom. The summed E-state index contributed by atoms with van der Waals surface area (Å²) in [5, 5.41) is 0. The Bertz CT molecular complexity index is 364. The number of para-hydroxylation sites is 1. The van der Waals surface area contributed by atoms with Crippen LogP contribution in [0.5, 0.6) is 0 Å². The van der Waals surface area contributed by atoms with E-state index in [2.05, 4.69) is 27.9 Å². The van der Waals surface area contributed by atoms with Crippen LogP contribution in [0.1, 0.15) is 17.9 Å². The quantitative estimate of drug-likeness (QED) is 0.718. The number of hydrogen-bond donors (Lipinski definition) is 0. The first kappa shape index (κ1) is 9.71. The normalized spacial score (nSPS) is 20.4. The molecule has 0 aliphatic carbocycles. The van der Waals surface area contributed by atoms with Crippen LogP contribution in [0.3, 0.4) is 0 Å². The van der Waals surface area contributed by atoms with Gasteiger partial charge in [-0.2, -0.15) is 0 Å². The molecular formula is C11H12BrNO. The lowest BCUT2D eigenvalue weighted by molar-refractivity contribution is -0.109. The zero-order valence-corrected chi connectivity index (χ0v) is 9.62. The highest BCUT2D eigenvalue weighted by molar-refractivity contribution is 9.10. The molecule has 1 aromatic rings. The minimum atomic E-state index is 0.0682. The molecule has 1 aliphatic rings. The van der Waals surface area contributed by atoms with Gasteiger partial charge in [0.1, 0.15) is 6.29 Å². The van der Waals surface area contributed by atoms with Gasteiger partial charge in [-0.3, -0.25) is 0 Å².